The van der Waals surface area contributed by atoms with Crippen molar-refractivity contribution in [1.29, 1.82) is 0 Å². The van der Waals surface area contributed by atoms with Crippen molar-refractivity contribution in [3.8, 4) is 0 Å². The van der Waals surface area contributed by atoms with E-state index in [1.54, 1.807) is 0 Å². The lowest BCUT2D eigenvalue weighted by atomic mass is 9.96. The number of carbonyl (C=O) groups is 1. The molecule has 160 valence electrons. The van der Waals surface area contributed by atoms with E-state index in [1.165, 1.54) is 24.8 Å². The quantitative estimate of drug-likeness (QED) is 0.740. The van der Waals surface area contributed by atoms with Gasteiger partial charge in [-0.2, -0.15) is 0 Å². The van der Waals surface area contributed by atoms with E-state index in [9.17, 15) is 4.79 Å². The van der Waals surface area contributed by atoms with Crippen molar-refractivity contribution in [2.24, 2.45) is 0 Å². The zero-order chi connectivity index (χ0) is 20.8. The van der Waals surface area contributed by atoms with Crippen molar-refractivity contribution < 1.29 is 4.79 Å². The number of nitrogens with one attached hydrogen (secondary N) is 1. The van der Waals surface area contributed by atoms with E-state index in [-0.39, 0.29) is 11.9 Å². The van der Waals surface area contributed by atoms with Gasteiger partial charge >= 0.3 is 0 Å². The Morgan fingerprint density at radius 1 is 0.967 bits per heavy atom. The number of amides is 1. The number of benzene rings is 2. The van der Waals surface area contributed by atoms with Crippen LogP contribution < -0.4 is 10.4 Å². The molecule has 5 heteroatoms. The summed E-state index contributed by atoms with van der Waals surface area (Å²) < 4.78 is 0. The van der Waals surface area contributed by atoms with Gasteiger partial charge in [0.05, 0.1) is 12.2 Å². The van der Waals surface area contributed by atoms with Crippen LogP contribution in [-0.4, -0.2) is 55.0 Å². The van der Waals surface area contributed by atoms with Gasteiger partial charge in [-0.15, -0.1) is 0 Å². The van der Waals surface area contributed by atoms with E-state index in [4.69, 9.17) is 0 Å². The molecule has 30 heavy (non-hydrogen) atoms. The second-order valence-electron chi connectivity index (χ2n) is 8.69. The molecule has 1 saturated carbocycles. The van der Waals surface area contributed by atoms with Crippen molar-refractivity contribution in [2.75, 3.05) is 38.2 Å². The van der Waals surface area contributed by atoms with Gasteiger partial charge in [-0.3, -0.25) is 9.69 Å². The predicted octanol–water partition coefficient (Wildman–Crippen LogP) is 3.85. The van der Waals surface area contributed by atoms with E-state index >= 15 is 0 Å². The van der Waals surface area contributed by atoms with E-state index in [2.05, 4.69) is 52.6 Å². The second-order valence-corrected chi connectivity index (χ2v) is 8.69. The number of para-hydroxylation sites is 1. The summed E-state index contributed by atoms with van der Waals surface area (Å²) in [4.78, 5) is 18.3. The second kappa shape index (κ2) is 10.2. The molecule has 2 aromatic rings. The van der Waals surface area contributed by atoms with Gasteiger partial charge in [0.15, 0.2) is 0 Å². The minimum absolute atomic E-state index is 0.122. The molecule has 4 rings (SSSR count). The number of likely N-dealkylation sites (N-methyl/N-ethyl adjacent to an activating group) is 1. The Hall–Kier alpha value is -2.21. The van der Waals surface area contributed by atoms with Crippen LogP contribution in [0.1, 0.15) is 43.7 Å². The van der Waals surface area contributed by atoms with Gasteiger partial charge in [-0.1, -0.05) is 67.8 Å². The van der Waals surface area contributed by atoms with Gasteiger partial charge in [0.1, 0.15) is 0 Å². The maximum Gasteiger partial charge on any atom is 0.255 e. The van der Waals surface area contributed by atoms with Crippen LogP contribution >= 0.6 is 0 Å². The summed E-state index contributed by atoms with van der Waals surface area (Å²) in [5.41, 5.74) is 5.78. The number of carbonyl (C=O) groups excluding carboxylic acids is 1. The molecule has 5 nitrogen and oxygen atoms in total. The van der Waals surface area contributed by atoms with Crippen molar-refractivity contribution in [2.45, 2.75) is 44.2 Å². The maximum absolute atomic E-state index is 13.6. The van der Waals surface area contributed by atoms with Crippen LogP contribution in [-0.2, 0) is 4.79 Å². The molecule has 1 N–H and O–H groups in total. The molecule has 0 aromatic heterocycles. The average Bonchev–Trinajstić information content (AvgIpc) is 2.80. The highest BCUT2D eigenvalue weighted by molar-refractivity contribution is 5.94. The minimum atomic E-state index is 0.122. The molecule has 1 heterocycles. The van der Waals surface area contributed by atoms with Crippen molar-refractivity contribution in [3.05, 3.63) is 66.2 Å². The third-order valence-corrected chi connectivity index (χ3v) is 6.40. The van der Waals surface area contributed by atoms with Gasteiger partial charge in [0, 0.05) is 31.7 Å². The van der Waals surface area contributed by atoms with E-state index in [1.807, 2.05) is 35.3 Å². The highest BCUT2D eigenvalue weighted by atomic mass is 16.2. The highest BCUT2D eigenvalue weighted by Crippen LogP contribution is 2.26. The maximum atomic E-state index is 13.6. The zero-order valence-electron chi connectivity index (χ0n) is 18.0. The summed E-state index contributed by atoms with van der Waals surface area (Å²) in [6, 6.07) is 21.2. The van der Waals surface area contributed by atoms with Crippen LogP contribution in [0, 0.1) is 0 Å². The van der Waals surface area contributed by atoms with Crippen molar-refractivity contribution in [1.82, 2.24) is 15.2 Å². The van der Waals surface area contributed by atoms with Crippen LogP contribution in [0.4, 0.5) is 5.69 Å². The van der Waals surface area contributed by atoms with Gasteiger partial charge in [-0.25, -0.2) is 10.4 Å². The Balaban J connectivity index is 1.51. The molecule has 1 aliphatic heterocycles. The largest absolute Gasteiger partial charge is 0.303 e. The molecule has 0 bridgehead atoms. The fourth-order valence-electron chi connectivity index (χ4n) is 4.66. The van der Waals surface area contributed by atoms with Crippen molar-refractivity contribution >= 4 is 11.6 Å². The number of nitrogens with zero attached hydrogens (tertiary/aromatic N) is 3. The summed E-state index contributed by atoms with van der Waals surface area (Å²) in [7, 11) is 2.16. The van der Waals surface area contributed by atoms with Gasteiger partial charge in [0.25, 0.3) is 5.91 Å². The van der Waals surface area contributed by atoms with Crippen LogP contribution in [0.15, 0.2) is 60.7 Å². The normalized spacial score (nSPS) is 21.4. The Morgan fingerprint density at radius 3 is 2.33 bits per heavy atom. The molecule has 1 unspecified atom stereocenters. The molecule has 2 aliphatic rings. The molecular weight excluding hydrogens is 372 g/mol. The number of anilines is 1. The smallest absolute Gasteiger partial charge is 0.255 e. The standard InChI is InChI=1S/C25H34N4O/c1-27-17-18-28(24(19-27)21-11-5-2-6-12-21)20-25(30)29(23-15-9-4-10-16-23)26-22-13-7-3-8-14-22/h2,4-6,9-12,15-16,22,24,26H,3,7-8,13-14,17-20H2,1H3. The average molecular weight is 407 g/mol. The topological polar surface area (TPSA) is 38.8 Å². The first-order valence-corrected chi connectivity index (χ1v) is 11.3. The van der Waals surface area contributed by atoms with E-state index < -0.39 is 0 Å². The van der Waals surface area contributed by atoms with Crippen LogP contribution in [0.3, 0.4) is 0 Å². The third-order valence-electron chi connectivity index (χ3n) is 6.40. The number of hydrogen-bond acceptors (Lipinski definition) is 4. The monoisotopic (exact) mass is 406 g/mol. The fourth-order valence-corrected chi connectivity index (χ4v) is 4.66. The Labute approximate surface area is 180 Å². The highest BCUT2D eigenvalue weighted by Gasteiger charge is 2.30. The molecule has 0 radical (unpaired) electrons. The summed E-state index contributed by atoms with van der Waals surface area (Å²) >= 11 is 0. The minimum Gasteiger partial charge on any atom is -0.303 e. The van der Waals surface area contributed by atoms with E-state index in [0.29, 0.717) is 12.6 Å². The lowest BCUT2D eigenvalue weighted by molar-refractivity contribution is -0.121. The lowest BCUT2D eigenvalue weighted by Crippen LogP contribution is -2.55. The first kappa shape index (κ1) is 21.0. The fraction of sp³-hybridized carbons (Fsp3) is 0.480. The molecule has 1 saturated heterocycles. The number of hydrogen-bond donors (Lipinski definition) is 1. The van der Waals surface area contributed by atoms with Gasteiger partial charge < -0.3 is 4.90 Å². The van der Waals surface area contributed by atoms with Crippen molar-refractivity contribution in [3.63, 3.8) is 0 Å². The Kier molecular flexibility index (Phi) is 7.16. The summed E-state index contributed by atoms with van der Waals surface area (Å²) in [5, 5.41) is 1.82. The van der Waals surface area contributed by atoms with Gasteiger partial charge in [-0.05, 0) is 37.6 Å². The van der Waals surface area contributed by atoms with Crippen LogP contribution in [0.5, 0.6) is 0 Å². The molecular formula is C25H34N4O. The van der Waals surface area contributed by atoms with Crippen LogP contribution in [0.25, 0.3) is 0 Å². The zero-order valence-corrected chi connectivity index (χ0v) is 18.0. The molecule has 1 aliphatic carbocycles. The molecule has 1 amide bonds. The SMILES string of the molecule is CN1CCN(CC(=O)N(NC2CCCCC2)c2ccccc2)C(c2ccccc2)C1. The molecule has 1 atom stereocenters. The van der Waals surface area contributed by atoms with E-state index in [0.717, 1.165) is 38.2 Å². The number of rotatable bonds is 6. The lowest BCUT2D eigenvalue weighted by Gasteiger charge is -2.41. The first-order chi connectivity index (χ1) is 14.7. The van der Waals surface area contributed by atoms with Gasteiger partial charge in [0.2, 0.25) is 0 Å². The predicted molar refractivity (Wildman–Crippen MR) is 122 cm³/mol. The molecule has 2 fully saturated rings. The molecule has 2 aromatic carbocycles. The number of hydrazine groups is 1. The Bertz CT molecular complexity index is 791. The number of piperazine rings is 1. The Morgan fingerprint density at radius 2 is 1.63 bits per heavy atom. The molecule has 0 spiro atoms. The summed E-state index contributed by atoms with van der Waals surface area (Å²) in [5.74, 6) is 0.122. The third kappa shape index (κ3) is 5.28. The summed E-state index contributed by atoms with van der Waals surface area (Å²) in [6.45, 7) is 3.24. The first-order valence-electron chi connectivity index (χ1n) is 11.3. The van der Waals surface area contributed by atoms with Crippen LogP contribution in [0.2, 0.25) is 0 Å². The summed E-state index contributed by atoms with van der Waals surface area (Å²) in [6.07, 6.45) is 6.05.